The molecule has 58 valence electrons. The van der Waals surface area contributed by atoms with Crippen LogP contribution in [0.3, 0.4) is 0 Å². The summed E-state index contributed by atoms with van der Waals surface area (Å²) in [7, 11) is 0. The summed E-state index contributed by atoms with van der Waals surface area (Å²) in [6.07, 6.45) is 0. The van der Waals surface area contributed by atoms with Gasteiger partial charge >= 0.3 is 0 Å². The fraction of sp³-hybridized carbons (Fsp3) is 0. The molecule has 0 aliphatic rings. The smallest absolute Gasteiger partial charge is 0.102 e. The number of nitrogens with zero attached hydrogens (tertiary/aromatic N) is 2. The maximum absolute atomic E-state index is 8.69. The van der Waals surface area contributed by atoms with Crippen LogP contribution in [0, 0.1) is 26.2 Å². The topological polar surface area (TPSA) is 47.6 Å². The molecule has 0 bridgehead atoms. The Labute approximate surface area is 88.5 Å². The zero-order valence-corrected chi connectivity index (χ0v) is 8.72. The quantitative estimate of drug-likeness (QED) is 0.689. The summed E-state index contributed by atoms with van der Waals surface area (Å²) in [5.41, 5.74) is 0.608. The summed E-state index contributed by atoms with van der Waals surface area (Å²) in [4.78, 5) is 0. The lowest BCUT2D eigenvalue weighted by molar-refractivity contribution is 1.41. The van der Waals surface area contributed by atoms with E-state index in [9.17, 15) is 0 Å². The van der Waals surface area contributed by atoms with Crippen LogP contribution in [-0.2, 0) is 0 Å². The number of halogens is 2. The normalized spacial score (nSPS) is 8.67. The van der Waals surface area contributed by atoms with Gasteiger partial charge in [0.1, 0.15) is 12.1 Å². The molecule has 0 N–H and O–H groups in total. The minimum atomic E-state index is 0.256. The van der Waals surface area contributed by atoms with Crippen LogP contribution in [0.5, 0.6) is 0 Å². The SMILES string of the molecule is N#Cc1c(Cl)ccc(I)c1C#N. The van der Waals surface area contributed by atoms with Crippen LogP contribution in [0.15, 0.2) is 12.1 Å². The molecular weight excluding hydrogens is 286 g/mol. The van der Waals surface area contributed by atoms with Gasteiger partial charge in [-0.3, -0.25) is 0 Å². The van der Waals surface area contributed by atoms with Gasteiger partial charge in [0.2, 0.25) is 0 Å². The maximum Gasteiger partial charge on any atom is 0.102 e. The minimum absolute atomic E-state index is 0.256. The van der Waals surface area contributed by atoms with Crippen LogP contribution < -0.4 is 0 Å². The first kappa shape index (κ1) is 9.31. The van der Waals surface area contributed by atoms with E-state index in [1.807, 2.05) is 34.7 Å². The Morgan fingerprint density at radius 2 is 1.75 bits per heavy atom. The molecule has 1 aromatic carbocycles. The van der Waals surface area contributed by atoms with Crippen LogP contribution in [0.25, 0.3) is 0 Å². The highest BCUT2D eigenvalue weighted by Crippen LogP contribution is 2.23. The number of rotatable bonds is 0. The lowest BCUT2D eigenvalue weighted by Gasteiger charge is -1.98. The zero-order valence-electron chi connectivity index (χ0n) is 5.81. The van der Waals surface area contributed by atoms with Crippen LogP contribution in [0.1, 0.15) is 11.1 Å². The number of nitriles is 2. The van der Waals surface area contributed by atoms with Crippen molar-refractivity contribution in [2.45, 2.75) is 0 Å². The van der Waals surface area contributed by atoms with Gasteiger partial charge in [-0.15, -0.1) is 0 Å². The highest BCUT2D eigenvalue weighted by Gasteiger charge is 2.09. The molecule has 2 nitrogen and oxygen atoms in total. The molecule has 0 amide bonds. The molecule has 0 fully saturated rings. The molecular formula is C8H2ClIN2. The van der Waals surface area contributed by atoms with Crippen molar-refractivity contribution in [3.05, 3.63) is 31.9 Å². The largest absolute Gasteiger partial charge is 0.192 e. The second-order valence-corrected chi connectivity index (χ2v) is 3.57. The van der Waals surface area contributed by atoms with E-state index in [-0.39, 0.29) is 5.56 Å². The number of benzene rings is 1. The van der Waals surface area contributed by atoms with E-state index in [1.165, 1.54) is 0 Å². The van der Waals surface area contributed by atoms with Crippen molar-refractivity contribution in [1.29, 1.82) is 10.5 Å². The predicted molar refractivity (Wildman–Crippen MR) is 53.6 cm³/mol. The summed E-state index contributed by atoms with van der Waals surface area (Å²) in [5, 5.41) is 17.7. The van der Waals surface area contributed by atoms with Crippen LogP contribution in [0.4, 0.5) is 0 Å². The van der Waals surface area contributed by atoms with Gasteiger partial charge in [0, 0.05) is 3.57 Å². The van der Waals surface area contributed by atoms with Crippen molar-refractivity contribution >= 4 is 34.2 Å². The zero-order chi connectivity index (χ0) is 9.14. The summed E-state index contributed by atoms with van der Waals surface area (Å²) in [6.45, 7) is 0. The molecule has 0 unspecified atom stereocenters. The minimum Gasteiger partial charge on any atom is -0.192 e. The van der Waals surface area contributed by atoms with E-state index in [0.717, 1.165) is 3.57 Å². The lowest BCUT2D eigenvalue weighted by atomic mass is 10.1. The summed E-state index contributed by atoms with van der Waals surface area (Å²) < 4.78 is 0.746. The molecule has 0 spiro atoms. The Hall–Kier alpha value is -0.780. The summed E-state index contributed by atoms with van der Waals surface area (Å²) in [6, 6.07) is 7.16. The van der Waals surface area contributed by atoms with Gasteiger partial charge in [-0.05, 0) is 34.7 Å². The molecule has 4 heteroatoms. The fourth-order valence-electron chi connectivity index (χ4n) is 0.770. The Morgan fingerprint density at radius 1 is 1.17 bits per heavy atom. The first-order valence-electron chi connectivity index (χ1n) is 2.99. The van der Waals surface area contributed by atoms with Gasteiger partial charge in [-0.25, -0.2) is 0 Å². The van der Waals surface area contributed by atoms with E-state index in [0.29, 0.717) is 10.6 Å². The highest BCUT2D eigenvalue weighted by molar-refractivity contribution is 14.1. The van der Waals surface area contributed by atoms with Crippen LogP contribution in [0.2, 0.25) is 5.02 Å². The van der Waals surface area contributed by atoms with Gasteiger partial charge in [-0.2, -0.15) is 10.5 Å². The third kappa shape index (κ3) is 1.52. The van der Waals surface area contributed by atoms with Crippen molar-refractivity contribution in [3.63, 3.8) is 0 Å². The van der Waals surface area contributed by atoms with Gasteiger partial charge in [0.15, 0.2) is 0 Å². The molecule has 1 aromatic rings. The molecule has 0 atom stereocenters. The van der Waals surface area contributed by atoms with Crippen molar-refractivity contribution in [2.24, 2.45) is 0 Å². The Balaban J connectivity index is 3.55. The molecule has 0 aliphatic heterocycles. The second-order valence-electron chi connectivity index (χ2n) is 2.00. The van der Waals surface area contributed by atoms with Crippen molar-refractivity contribution in [2.75, 3.05) is 0 Å². The summed E-state index contributed by atoms with van der Waals surface area (Å²) >= 11 is 7.70. The lowest BCUT2D eigenvalue weighted by Crippen LogP contribution is -1.88. The Morgan fingerprint density at radius 3 is 2.17 bits per heavy atom. The van der Waals surface area contributed by atoms with Crippen molar-refractivity contribution < 1.29 is 0 Å². The maximum atomic E-state index is 8.69. The first-order chi connectivity index (χ1) is 5.70. The number of hydrogen-bond donors (Lipinski definition) is 0. The predicted octanol–water partition coefficient (Wildman–Crippen LogP) is 2.69. The molecule has 0 saturated carbocycles. The van der Waals surface area contributed by atoms with Gasteiger partial charge in [0.25, 0.3) is 0 Å². The first-order valence-corrected chi connectivity index (χ1v) is 4.44. The van der Waals surface area contributed by atoms with E-state index >= 15 is 0 Å². The Kier molecular flexibility index (Phi) is 2.91. The van der Waals surface area contributed by atoms with Crippen LogP contribution >= 0.6 is 34.2 Å². The monoisotopic (exact) mass is 288 g/mol. The average Bonchev–Trinajstić information content (AvgIpc) is 2.08. The molecule has 1 rings (SSSR count). The molecule has 0 radical (unpaired) electrons. The molecule has 12 heavy (non-hydrogen) atoms. The van der Waals surface area contributed by atoms with E-state index < -0.39 is 0 Å². The molecule has 0 aliphatic carbocycles. The fourth-order valence-corrected chi connectivity index (χ4v) is 1.54. The standard InChI is InChI=1S/C8H2ClIN2/c9-7-1-2-8(10)6(4-12)5(7)3-11/h1-2H. The van der Waals surface area contributed by atoms with Gasteiger partial charge in [0.05, 0.1) is 16.1 Å². The number of hydrogen-bond acceptors (Lipinski definition) is 2. The molecule has 0 saturated heterocycles. The van der Waals surface area contributed by atoms with Gasteiger partial charge in [-0.1, -0.05) is 11.6 Å². The third-order valence-electron chi connectivity index (χ3n) is 1.33. The third-order valence-corrected chi connectivity index (χ3v) is 2.54. The second kappa shape index (κ2) is 3.75. The van der Waals surface area contributed by atoms with E-state index in [1.54, 1.807) is 12.1 Å². The molecule has 0 heterocycles. The molecule has 0 aromatic heterocycles. The average molecular weight is 288 g/mol. The van der Waals surface area contributed by atoms with Crippen molar-refractivity contribution in [3.8, 4) is 12.1 Å². The van der Waals surface area contributed by atoms with E-state index in [2.05, 4.69) is 0 Å². The van der Waals surface area contributed by atoms with E-state index in [4.69, 9.17) is 22.1 Å². The highest BCUT2D eigenvalue weighted by atomic mass is 127. The summed E-state index contributed by atoms with van der Waals surface area (Å²) in [5.74, 6) is 0. The van der Waals surface area contributed by atoms with Crippen LogP contribution in [-0.4, -0.2) is 0 Å². The Bertz CT molecular complexity index is 362. The van der Waals surface area contributed by atoms with Gasteiger partial charge < -0.3 is 0 Å². The van der Waals surface area contributed by atoms with Crippen molar-refractivity contribution in [1.82, 2.24) is 0 Å².